The number of benzene rings is 1. The number of aromatic nitrogens is 3. The van der Waals surface area contributed by atoms with Gasteiger partial charge in [0.2, 0.25) is 17.7 Å². The van der Waals surface area contributed by atoms with E-state index in [-0.39, 0.29) is 36.7 Å². The van der Waals surface area contributed by atoms with Crippen LogP contribution >= 0.6 is 0 Å². The Morgan fingerprint density at radius 2 is 1.94 bits per heavy atom. The monoisotopic (exact) mass is 478 g/mol. The second-order valence-corrected chi connectivity index (χ2v) is 9.32. The zero-order valence-electron chi connectivity index (χ0n) is 19.4. The minimum atomic E-state index is -1.09. The van der Waals surface area contributed by atoms with Crippen LogP contribution in [0.4, 0.5) is 14.5 Å². The van der Waals surface area contributed by atoms with E-state index in [0.29, 0.717) is 0 Å². The van der Waals surface area contributed by atoms with E-state index in [1.807, 2.05) is 20.8 Å². The number of carbonyl (C=O) groups is 3. The third kappa shape index (κ3) is 5.56. The summed E-state index contributed by atoms with van der Waals surface area (Å²) in [4.78, 5) is 39.4. The van der Waals surface area contributed by atoms with Gasteiger partial charge in [-0.25, -0.2) is 13.5 Å². The molecule has 0 aliphatic carbocycles. The molecule has 3 amide bonds. The second-order valence-electron chi connectivity index (χ2n) is 9.32. The van der Waals surface area contributed by atoms with Crippen molar-refractivity contribution in [3.05, 3.63) is 41.7 Å². The lowest BCUT2D eigenvalue weighted by molar-refractivity contribution is -0.144. The number of likely N-dealkylation sites (tertiary alicyclic amines) is 1. The normalized spacial score (nSPS) is 19.1. The van der Waals surface area contributed by atoms with Crippen molar-refractivity contribution in [2.75, 3.05) is 18.9 Å². The number of anilines is 1. The van der Waals surface area contributed by atoms with E-state index in [1.165, 1.54) is 28.9 Å². The summed E-state index contributed by atoms with van der Waals surface area (Å²) in [6.45, 7) is 5.50. The zero-order valence-corrected chi connectivity index (χ0v) is 19.4. The summed E-state index contributed by atoms with van der Waals surface area (Å²) in [6, 6.07) is 1.34. The van der Waals surface area contributed by atoms with Gasteiger partial charge in [0.1, 0.15) is 12.1 Å². The fourth-order valence-electron chi connectivity index (χ4n) is 3.97. The van der Waals surface area contributed by atoms with E-state index in [2.05, 4.69) is 20.9 Å². The summed E-state index contributed by atoms with van der Waals surface area (Å²) >= 11 is 0. The minimum absolute atomic E-state index is 0.0156. The number of hydrogen-bond donors (Lipinski definition) is 3. The number of rotatable bonds is 6. The van der Waals surface area contributed by atoms with Crippen molar-refractivity contribution in [1.82, 2.24) is 25.2 Å². The van der Waals surface area contributed by atoms with Gasteiger partial charge in [-0.15, -0.1) is 5.10 Å². The zero-order chi connectivity index (χ0) is 25.2. The summed E-state index contributed by atoms with van der Waals surface area (Å²) in [7, 11) is 1.46. The molecule has 1 aromatic carbocycles. The number of nitrogens with one attached hydrogen (secondary N) is 2. The number of aliphatic hydroxyl groups excluding tert-OH is 1. The number of hydrogen-bond acceptors (Lipinski definition) is 6. The van der Waals surface area contributed by atoms with Gasteiger partial charge in [0.25, 0.3) is 0 Å². The lowest BCUT2D eigenvalue weighted by atomic mass is 9.85. The van der Waals surface area contributed by atoms with Crippen molar-refractivity contribution < 1.29 is 28.3 Å². The fraction of sp³-hybridized carbons (Fsp3) is 0.500. The van der Waals surface area contributed by atoms with Crippen LogP contribution in [0.3, 0.4) is 0 Å². The van der Waals surface area contributed by atoms with Crippen molar-refractivity contribution in [2.24, 2.45) is 5.41 Å². The lowest BCUT2D eigenvalue weighted by Gasteiger charge is -2.34. The SMILES string of the molecule is CNC(=O)[C@@H]1C[C@@H](O)CN1C(=O)[C@@H](n1cc(CC(=O)Nc2ccc(F)c(F)c2)nn1)C(C)(C)C. The number of amides is 3. The molecular weight excluding hydrogens is 450 g/mol. The third-order valence-electron chi connectivity index (χ3n) is 5.53. The fourth-order valence-corrected chi connectivity index (χ4v) is 3.97. The van der Waals surface area contributed by atoms with E-state index >= 15 is 0 Å². The Morgan fingerprint density at radius 3 is 2.56 bits per heavy atom. The first-order valence-electron chi connectivity index (χ1n) is 10.8. The second kappa shape index (κ2) is 9.84. The standard InChI is InChI=1S/C22H28F2N6O4/c1-22(2,3)19(21(34)29-11-14(31)9-17(29)20(33)25-4)30-10-13(27-28-30)8-18(32)26-12-5-6-15(23)16(24)7-12/h5-7,10,14,17,19,31H,8-9,11H2,1-4H3,(H,25,33)(H,26,32)/t14-,17+,19-/m1/s1. The Kier molecular flexibility index (Phi) is 7.29. The van der Waals surface area contributed by atoms with Crippen molar-refractivity contribution in [3.63, 3.8) is 0 Å². The lowest BCUT2D eigenvalue weighted by Crippen LogP contribution is -2.49. The van der Waals surface area contributed by atoms with E-state index in [0.717, 1.165) is 12.1 Å². The summed E-state index contributed by atoms with van der Waals surface area (Å²) in [6.07, 6.45) is 0.556. The van der Waals surface area contributed by atoms with Gasteiger partial charge >= 0.3 is 0 Å². The van der Waals surface area contributed by atoms with Gasteiger partial charge in [-0.1, -0.05) is 26.0 Å². The van der Waals surface area contributed by atoms with Crippen LogP contribution in [0, 0.1) is 17.0 Å². The van der Waals surface area contributed by atoms with Gasteiger partial charge < -0.3 is 20.6 Å². The predicted molar refractivity (Wildman–Crippen MR) is 117 cm³/mol. The molecule has 3 N–H and O–H groups in total. The molecule has 3 rings (SSSR count). The molecule has 0 bridgehead atoms. The summed E-state index contributed by atoms with van der Waals surface area (Å²) in [5, 5.41) is 23.1. The molecule has 12 heteroatoms. The molecule has 0 spiro atoms. The van der Waals surface area contributed by atoms with Crippen LogP contribution in [0.2, 0.25) is 0 Å². The highest BCUT2D eigenvalue weighted by atomic mass is 19.2. The van der Waals surface area contributed by atoms with Crippen LogP contribution in [0.5, 0.6) is 0 Å². The van der Waals surface area contributed by atoms with E-state index in [4.69, 9.17) is 0 Å². The number of halogens is 2. The molecule has 2 aromatic rings. The highest BCUT2D eigenvalue weighted by Crippen LogP contribution is 2.34. The molecule has 0 saturated carbocycles. The largest absolute Gasteiger partial charge is 0.391 e. The van der Waals surface area contributed by atoms with Crippen molar-refractivity contribution in [1.29, 1.82) is 0 Å². The Labute approximate surface area is 195 Å². The van der Waals surface area contributed by atoms with Crippen molar-refractivity contribution in [3.8, 4) is 0 Å². The Bertz CT molecular complexity index is 1080. The highest BCUT2D eigenvalue weighted by Gasteiger charge is 2.45. The minimum Gasteiger partial charge on any atom is -0.391 e. The first kappa shape index (κ1) is 25.2. The Morgan fingerprint density at radius 1 is 1.24 bits per heavy atom. The average molecular weight is 479 g/mol. The summed E-state index contributed by atoms with van der Waals surface area (Å²) < 4.78 is 27.8. The maximum atomic E-state index is 13.5. The number of carbonyl (C=O) groups excluding carboxylic acids is 3. The van der Waals surface area contributed by atoms with E-state index in [1.54, 1.807) is 0 Å². The number of likely N-dealkylation sites (N-methyl/N-ethyl adjacent to an activating group) is 1. The number of β-amino-alcohol motifs (C(OH)–C–C–N with tert-alkyl or cyclic N) is 1. The molecular formula is C22H28F2N6O4. The van der Waals surface area contributed by atoms with Crippen LogP contribution in [0.25, 0.3) is 0 Å². The number of nitrogens with zero attached hydrogens (tertiary/aromatic N) is 4. The molecule has 184 valence electrons. The average Bonchev–Trinajstić information content (AvgIpc) is 3.35. The summed E-state index contributed by atoms with van der Waals surface area (Å²) in [5.74, 6) is -3.41. The van der Waals surface area contributed by atoms with Gasteiger partial charge in [-0.05, 0) is 17.5 Å². The van der Waals surface area contributed by atoms with Crippen LogP contribution in [0.15, 0.2) is 24.4 Å². The van der Waals surface area contributed by atoms with Gasteiger partial charge in [-0.3, -0.25) is 14.4 Å². The van der Waals surface area contributed by atoms with Crippen molar-refractivity contribution in [2.45, 2.75) is 51.8 Å². The Balaban J connectivity index is 1.77. The molecule has 0 unspecified atom stereocenters. The first-order chi connectivity index (χ1) is 15.9. The predicted octanol–water partition coefficient (Wildman–Crippen LogP) is 1.03. The third-order valence-corrected chi connectivity index (χ3v) is 5.53. The first-order valence-corrected chi connectivity index (χ1v) is 10.8. The number of aliphatic hydroxyl groups is 1. The molecule has 1 fully saturated rings. The molecule has 1 aromatic heterocycles. The van der Waals surface area contributed by atoms with Crippen LogP contribution in [0.1, 0.15) is 38.9 Å². The van der Waals surface area contributed by atoms with Crippen LogP contribution < -0.4 is 10.6 Å². The van der Waals surface area contributed by atoms with Crippen molar-refractivity contribution >= 4 is 23.4 Å². The van der Waals surface area contributed by atoms with E-state index in [9.17, 15) is 28.3 Å². The van der Waals surface area contributed by atoms with Gasteiger partial charge in [0, 0.05) is 38.0 Å². The molecule has 0 radical (unpaired) electrons. The van der Waals surface area contributed by atoms with E-state index < -0.39 is 47.1 Å². The smallest absolute Gasteiger partial charge is 0.248 e. The topological polar surface area (TPSA) is 129 Å². The Hall–Kier alpha value is -3.41. The molecule has 1 aliphatic heterocycles. The molecule has 3 atom stereocenters. The molecule has 1 saturated heterocycles. The molecule has 10 nitrogen and oxygen atoms in total. The van der Waals surface area contributed by atoms with Gasteiger partial charge in [0.15, 0.2) is 11.6 Å². The van der Waals surface area contributed by atoms with Gasteiger partial charge in [-0.2, -0.15) is 0 Å². The highest BCUT2D eigenvalue weighted by molar-refractivity contribution is 5.92. The maximum absolute atomic E-state index is 13.5. The summed E-state index contributed by atoms with van der Waals surface area (Å²) in [5.41, 5.74) is -0.296. The van der Waals surface area contributed by atoms with Gasteiger partial charge in [0.05, 0.1) is 18.2 Å². The maximum Gasteiger partial charge on any atom is 0.248 e. The molecule has 2 heterocycles. The van der Waals surface area contributed by atoms with Crippen LogP contribution in [-0.4, -0.2) is 68.5 Å². The quantitative estimate of drug-likeness (QED) is 0.569. The van der Waals surface area contributed by atoms with Crippen LogP contribution in [-0.2, 0) is 20.8 Å². The molecule has 34 heavy (non-hydrogen) atoms. The molecule has 1 aliphatic rings.